The second-order valence-electron chi connectivity index (χ2n) is 4.44. The summed E-state index contributed by atoms with van der Waals surface area (Å²) in [6.07, 6.45) is -0.218. The molecule has 0 saturated carbocycles. The molecule has 2 N–H and O–H groups in total. The van der Waals surface area contributed by atoms with Crippen molar-refractivity contribution in [3.63, 3.8) is 0 Å². The normalized spacial score (nSPS) is 11.6. The van der Waals surface area contributed by atoms with Crippen LogP contribution in [0.3, 0.4) is 0 Å². The quantitative estimate of drug-likeness (QED) is 0.771. The van der Waals surface area contributed by atoms with E-state index < -0.39 is 29.7 Å². The smallest absolute Gasteiger partial charge is 0.326 e. The Morgan fingerprint density at radius 2 is 2.05 bits per heavy atom. The topological polar surface area (TPSA) is 92.7 Å². The van der Waals surface area contributed by atoms with E-state index in [4.69, 9.17) is 5.11 Å². The third-order valence-corrected chi connectivity index (χ3v) is 2.89. The number of carboxylic acids is 1. The predicted molar refractivity (Wildman–Crippen MR) is 71.3 cm³/mol. The van der Waals surface area contributed by atoms with Gasteiger partial charge >= 0.3 is 11.9 Å². The van der Waals surface area contributed by atoms with E-state index in [1.807, 2.05) is 0 Å². The molecule has 1 aromatic rings. The summed E-state index contributed by atoms with van der Waals surface area (Å²) in [6.45, 7) is 1.50. The van der Waals surface area contributed by atoms with Crippen LogP contribution in [0.5, 0.6) is 0 Å². The summed E-state index contributed by atoms with van der Waals surface area (Å²) >= 11 is 0. The predicted octanol–water partition coefficient (Wildman–Crippen LogP) is 1.27. The number of ether oxygens (including phenoxy) is 1. The SMILES string of the molecule is COC(=O)CC[C@H](NC(=O)c1ccc(F)c(C)c1)C(=O)O. The summed E-state index contributed by atoms with van der Waals surface area (Å²) in [5.41, 5.74) is 0.433. The van der Waals surface area contributed by atoms with Crippen LogP contribution in [0.4, 0.5) is 4.39 Å². The monoisotopic (exact) mass is 297 g/mol. The molecule has 0 radical (unpaired) electrons. The lowest BCUT2D eigenvalue weighted by molar-refractivity contribution is -0.142. The summed E-state index contributed by atoms with van der Waals surface area (Å²) in [7, 11) is 1.19. The van der Waals surface area contributed by atoms with E-state index in [-0.39, 0.29) is 24.0 Å². The molecule has 0 aliphatic rings. The molecular weight excluding hydrogens is 281 g/mol. The summed E-state index contributed by atoms with van der Waals surface area (Å²) in [5.74, 6) is -2.92. The van der Waals surface area contributed by atoms with Crippen molar-refractivity contribution in [1.29, 1.82) is 0 Å². The van der Waals surface area contributed by atoms with Crippen molar-refractivity contribution in [2.45, 2.75) is 25.8 Å². The van der Waals surface area contributed by atoms with Crippen LogP contribution >= 0.6 is 0 Å². The number of hydrogen-bond acceptors (Lipinski definition) is 4. The molecule has 1 amide bonds. The maximum atomic E-state index is 13.1. The third kappa shape index (κ3) is 4.87. The zero-order chi connectivity index (χ0) is 16.0. The zero-order valence-electron chi connectivity index (χ0n) is 11.7. The van der Waals surface area contributed by atoms with Gasteiger partial charge in [0.1, 0.15) is 11.9 Å². The van der Waals surface area contributed by atoms with Crippen LogP contribution in [0.25, 0.3) is 0 Å². The van der Waals surface area contributed by atoms with E-state index in [0.717, 1.165) is 6.07 Å². The molecule has 114 valence electrons. The van der Waals surface area contributed by atoms with E-state index in [9.17, 15) is 18.8 Å². The first kappa shape index (κ1) is 16.6. The maximum Gasteiger partial charge on any atom is 0.326 e. The van der Waals surface area contributed by atoms with Gasteiger partial charge in [0.05, 0.1) is 7.11 Å². The van der Waals surface area contributed by atoms with Crippen LogP contribution in [0.2, 0.25) is 0 Å². The minimum atomic E-state index is -1.26. The number of benzene rings is 1. The minimum absolute atomic E-state index is 0.0894. The van der Waals surface area contributed by atoms with Crippen molar-refractivity contribution in [2.24, 2.45) is 0 Å². The number of carboxylic acid groups (broad SMARTS) is 1. The van der Waals surface area contributed by atoms with Crippen molar-refractivity contribution in [1.82, 2.24) is 5.32 Å². The molecule has 7 heteroatoms. The van der Waals surface area contributed by atoms with Gasteiger partial charge in [-0.05, 0) is 37.1 Å². The Labute approximate surface area is 120 Å². The van der Waals surface area contributed by atoms with E-state index >= 15 is 0 Å². The number of esters is 1. The molecule has 0 aromatic heterocycles. The molecule has 1 rings (SSSR count). The van der Waals surface area contributed by atoms with Gasteiger partial charge < -0.3 is 15.2 Å². The number of halogens is 1. The van der Waals surface area contributed by atoms with E-state index in [1.165, 1.54) is 26.2 Å². The average Bonchev–Trinajstić information content (AvgIpc) is 2.45. The molecule has 6 nitrogen and oxygen atoms in total. The molecular formula is C14H16FNO5. The molecule has 0 unspecified atom stereocenters. The number of methoxy groups -OCH3 is 1. The second-order valence-corrected chi connectivity index (χ2v) is 4.44. The molecule has 0 saturated heterocycles. The summed E-state index contributed by atoms with van der Waals surface area (Å²) in [5, 5.41) is 11.3. The van der Waals surface area contributed by atoms with Gasteiger partial charge in [-0.2, -0.15) is 0 Å². The van der Waals surface area contributed by atoms with Crippen molar-refractivity contribution in [2.75, 3.05) is 7.11 Å². The lowest BCUT2D eigenvalue weighted by Crippen LogP contribution is -2.41. The number of hydrogen-bond donors (Lipinski definition) is 2. The molecule has 0 aliphatic heterocycles. The number of aliphatic carboxylic acids is 1. The van der Waals surface area contributed by atoms with Crippen LogP contribution < -0.4 is 5.32 Å². The fourth-order valence-electron chi connectivity index (χ4n) is 1.65. The Morgan fingerprint density at radius 3 is 2.57 bits per heavy atom. The lowest BCUT2D eigenvalue weighted by Gasteiger charge is -2.14. The van der Waals surface area contributed by atoms with Crippen LogP contribution in [0.15, 0.2) is 18.2 Å². The largest absolute Gasteiger partial charge is 0.480 e. The van der Waals surface area contributed by atoms with E-state index in [1.54, 1.807) is 0 Å². The Balaban J connectivity index is 2.74. The van der Waals surface area contributed by atoms with Crippen LogP contribution in [0.1, 0.15) is 28.8 Å². The molecule has 0 spiro atoms. The number of carbonyl (C=O) groups excluding carboxylic acids is 2. The first-order valence-electron chi connectivity index (χ1n) is 6.21. The molecule has 1 atom stereocenters. The number of aryl methyl sites for hydroxylation is 1. The van der Waals surface area contributed by atoms with Gasteiger partial charge in [0, 0.05) is 12.0 Å². The summed E-state index contributed by atoms with van der Waals surface area (Å²) in [6, 6.07) is 2.50. The van der Waals surface area contributed by atoms with Gasteiger partial charge in [-0.15, -0.1) is 0 Å². The highest BCUT2D eigenvalue weighted by Gasteiger charge is 2.22. The van der Waals surface area contributed by atoms with Crippen LogP contribution in [-0.2, 0) is 14.3 Å². The highest BCUT2D eigenvalue weighted by molar-refractivity contribution is 5.96. The number of amides is 1. The van der Waals surface area contributed by atoms with Crippen molar-refractivity contribution < 1.29 is 28.6 Å². The maximum absolute atomic E-state index is 13.1. The number of rotatable bonds is 6. The number of carbonyl (C=O) groups is 3. The first-order chi connectivity index (χ1) is 9.85. The standard InChI is InChI=1S/C14H16FNO5/c1-8-7-9(3-4-10(8)15)13(18)16-11(14(19)20)5-6-12(17)21-2/h3-4,7,11H,5-6H2,1-2H3,(H,16,18)(H,19,20)/t11-/m0/s1. The molecule has 0 fully saturated rings. The Morgan fingerprint density at radius 1 is 1.38 bits per heavy atom. The fourth-order valence-corrected chi connectivity index (χ4v) is 1.65. The lowest BCUT2D eigenvalue weighted by atomic mass is 10.1. The molecule has 21 heavy (non-hydrogen) atoms. The second kappa shape index (κ2) is 7.37. The van der Waals surface area contributed by atoms with Crippen molar-refractivity contribution >= 4 is 17.8 Å². The van der Waals surface area contributed by atoms with Crippen molar-refractivity contribution in [3.05, 3.63) is 35.1 Å². The highest BCUT2D eigenvalue weighted by atomic mass is 19.1. The van der Waals surface area contributed by atoms with Gasteiger partial charge in [-0.3, -0.25) is 9.59 Å². The van der Waals surface area contributed by atoms with Crippen LogP contribution in [0, 0.1) is 12.7 Å². The van der Waals surface area contributed by atoms with E-state index in [0.29, 0.717) is 0 Å². The average molecular weight is 297 g/mol. The van der Waals surface area contributed by atoms with Gasteiger partial charge in [0.2, 0.25) is 0 Å². The molecule has 0 aliphatic carbocycles. The van der Waals surface area contributed by atoms with Gasteiger partial charge in [0.25, 0.3) is 5.91 Å². The van der Waals surface area contributed by atoms with E-state index in [2.05, 4.69) is 10.1 Å². The summed E-state index contributed by atoms with van der Waals surface area (Å²) in [4.78, 5) is 34.0. The third-order valence-electron chi connectivity index (χ3n) is 2.89. The molecule has 0 bridgehead atoms. The Bertz CT molecular complexity index is 558. The van der Waals surface area contributed by atoms with Gasteiger partial charge in [-0.25, -0.2) is 9.18 Å². The van der Waals surface area contributed by atoms with Gasteiger partial charge in [-0.1, -0.05) is 0 Å². The molecule has 1 aromatic carbocycles. The Kier molecular flexibility index (Phi) is 5.83. The van der Waals surface area contributed by atoms with Crippen LogP contribution in [-0.4, -0.2) is 36.1 Å². The first-order valence-corrected chi connectivity index (χ1v) is 6.21. The van der Waals surface area contributed by atoms with Crippen molar-refractivity contribution in [3.8, 4) is 0 Å². The minimum Gasteiger partial charge on any atom is -0.480 e. The van der Waals surface area contributed by atoms with Gasteiger partial charge in [0.15, 0.2) is 0 Å². The molecule has 0 heterocycles. The Hall–Kier alpha value is -2.44. The summed E-state index contributed by atoms with van der Waals surface area (Å²) < 4.78 is 17.5. The zero-order valence-corrected chi connectivity index (χ0v) is 11.7. The fraction of sp³-hybridized carbons (Fsp3) is 0.357. The number of nitrogens with one attached hydrogen (secondary N) is 1. The highest BCUT2D eigenvalue weighted by Crippen LogP contribution is 2.10.